The maximum atomic E-state index is 12.0. The lowest BCUT2D eigenvalue weighted by Crippen LogP contribution is -2.40. The van der Waals surface area contributed by atoms with Gasteiger partial charge in [0.1, 0.15) is 23.6 Å². The van der Waals surface area contributed by atoms with E-state index in [1.807, 2.05) is 4.98 Å². The highest BCUT2D eigenvalue weighted by molar-refractivity contribution is 8.00. The first-order valence-electron chi connectivity index (χ1n) is 7.49. The van der Waals surface area contributed by atoms with Crippen LogP contribution in [0.3, 0.4) is 0 Å². The van der Waals surface area contributed by atoms with Crippen molar-refractivity contribution in [1.29, 1.82) is 0 Å². The molecule has 0 bridgehead atoms. The lowest BCUT2D eigenvalue weighted by Gasteiger charge is -2.17. The zero-order chi connectivity index (χ0) is 18.7. The fourth-order valence-corrected chi connectivity index (χ4v) is 3.00. The second-order valence-corrected chi connectivity index (χ2v) is 6.58. The summed E-state index contributed by atoms with van der Waals surface area (Å²) in [4.78, 5) is 37.5. The second-order valence-electron chi connectivity index (χ2n) is 5.25. The number of nitrogens with one attached hydrogen (secondary N) is 1. The Labute approximate surface area is 145 Å². The molecule has 1 aliphatic heterocycles. The summed E-state index contributed by atoms with van der Waals surface area (Å²) in [6.45, 7) is 2.75. The Morgan fingerprint density at radius 3 is 2.68 bits per heavy atom. The van der Waals surface area contributed by atoms with Gasteiger partial charge in [-0.05, 0) is 13.8 Å². The van der Waals surface area contributed by atoms with Gasteiger partial charge in [0.2, 0.25) is 0 Å². The number of carbonyl (C=O) groups excluding carboxylic acids is 1. The van der Waals surface area contributed by atoms with Crippen LogP contribution in [0.5, 0.6) is 0 Å². The second kappa shape index (κ2) is 8.10. The molecule has 1 fully saturated rings. The maximum Gasteiger partial charge on any atom is 0.347 e. The molecule has 0 amide bonds. The molecule has 0 saturated carbocycles. The van der Waals surface area contributed by atoms with Gasteiger partial charge in [0.25, 0.3) is 5.56 Å². The van der Waals surface area contributed by atoms with E-state index in [9.17, 15) is 24.6 Å². The van der Waals surface area contributed by atoms with E-state index in [1.165, 1.54) is 6.92 Å². The van der Waals surface area contributed by atoms with Gasteiger partial charge in [-0.2, -0.15) is 9.78 Å². The number of H-pyrrole nitrogens is 1. The minimum atomic E-state index is -1.53. The molecule has 0 spiro atoms. The largest absolute Gasteiger partial charge is 0.465 e. The van der Waals surface area contributed by atoms with E-state index in [2.05, 4.69) is 5.10 Å². The van der Waals surface area contributed by atoms with E-state index in [0.29, 0.717) is 4.68 Å². The minimum absolute atomic E-state index is 0.176. The molecule has 1 aromatic heterocycles. The summed E-state index contributed by atoms with van der Waals surface area (Å²) >= 11 is 0.770. The van der Waals surface area contributed by atoms with Crippen LogP contribution < -0.4 is 11.2 Å². The first-order chi connectivity index (χ1) is 11.8. The van der Waals surface area contributed by atoms with Crippen LogP contribution in [0, 0.1) is 0 Å². The van der Waals surface area contributed by atoms with Crippen LogP contribution in [0.15, 0.2) is 14.6 Å². The fraction of sp³-hybridized carbons (Fsp3) is 0.692. The lowest BCUT2D eigenvalue weighted by molar-refractivity contribution is -0.142. The van der Waals surface area contributed by atoms with Crippen LogP contribution in [0.4, 0.5) is 0 Å². The highest BCUT2D eigenvalue weighted by Gasteiger charge is 2.44. The zero-order valence-corrected chi connectivity index (χ0v) is 14.3. The van der Waals surface area contributed by atoms with Gasteiger partial charge in [-0.15, -0.1) is 0 Å². The highest BCUT2D eigenvalue weighted by Crippen LogP contribution is 2.28. The van der Waals surface area contributed by atoms with Gasteiger partial charge in [-0.1, -0.05) is 11.8 Å². The first-order valence-corrected chi connectivity index (χ1v) is 8.37. The molecular weight excluding hydrogens is 358 g/mol. The van der Waals surface area contributed by atoms with Crippen LogP contribution in [0.2, 0.25) is 0 Å². The maximum absolute atomic E-state index is 12.0. The quantitative estimate of drug-likeness (QED) is 0.310. The van der Waals surface area contributed by atoms with Crippen LogP contribution in [-0.2, 0) is 14.3 Å². The molecule has 2 rings (SSSR count). The van der Waals surface area contributed by atoms with Crippen molar-refractivity contribution in [3.05, 3.63) is 20.8 Å². The summed E-state index contributed by atoms with van der Waals surface area (Å²) in [5, 5.41) is 31.7. The number of nitrogens with zero attached hydrogens (tertiary/aromatic N) is 2. The third kappa shape index (κ3) is 4.10. The molecule has 1 saturated heterocycles. The third-order valence-electron chi connectivity index (χ3n) is 3.49. The summed E-state index contributed by atoms with van der Waals surface area (Å²) in [7, 11) is 0. The Kier molecular flexibility index (Phi) is 6.35. The molecule has 25 heavy (non-hydrogen) atoms. The number of hydrogen-bond donors (Lipinski definition) is 4. The number of rotatable bonds is 6. The summed E-state index contributed by atoms with van der Waals surface area (Å²) in [5.74, 6) is -0.556. The van der Waals surface area contributed by atoms with Gasteiger partial charge in [0, 0.05) is 0 Å². The van der Waals surface area contributed by atoms with Crippen LogP contribution in [0.25, 0.3) is 0 Å². The average molecular weight is 377 g/mol. The molecule has 0 radical (unpaired) electrons. The summed E-state index contributed by atoms with van der Waals surface area (Å²) in [6, 6.07) is 0. The Morgan fingerprint density at radius 1 is 1.44 bits per heavy atom. The standard InChI is InChI=1S/C13H19N3O8S/c1-3-23-12(21)5(2)25-10-9(20)14-13(22)16(15-10)11-8(19)7(18)6(4-17)24-11/h5-8,11,17-19H,3-4H2,1-2H3,(H,14,20,22)/t5?,6-,7-,8-,11-/m1/s1. The number of hydrogen-bond acceptors (Lipinski definition) is 10. The Morgan fingerprint density at radius 2 is 2.12 bits per heavy atom. The molecule has 1 aromatic rings. The normalized spacial score (nSPS) is 27.2. The molecule has 140 valence electrons. The van der Waals surface area contributed by atoms with E-state index in [0.717, 1.165) is 11.8 Å². The molecule has 5 atom stereocenters. The number of aromatic amines is 1. The van der Waals surface area contributed by atoms with E-state index in [4.69, 9.17) is 14.6 Å². The number of ether oxygens (including phenoxy) is 2. The molecule has 2 heterocycles. The molecular formula is C13H19N3O8S. The summed E-state index contributed by atoms with van der Waals surface area (Å²) in [6.07, 6.45) is -5.46. The van der Waals surface area contributed by atoms with Gasteiger partial charge in [-0.25, -0.2) is 4.79 Å². The van der Waals surface area contributed by atoms with E-state index in [1.54, 1.807) is 6.92 Å². The number of aliphatic hydroxyl groups excluding tert-OH is 3. The van der Waals surface area contributed by atoms with Gasteiger partial charge < -0.3 is 24.8 Å². The molecule has 1 unspecified atom stereocenters. The van der Waals surface area contributed by atoms with Crippen molar-refractivity contribution >= 4 is 17.7 Å². The molecule has 1 aliphatic rings. The minimum Gasteiger partial charge on any atom is -0.465 e. The van der Waals surface area contributed by atoms with E-state index in [-0.39, 0.29) is 11.6 Å². The summed E-state index contributed by atoms with van der Waals surface area (Å²) in [5.41, 5.74) is -1.78. The highest BCUT2D eigenvalue weighted by atomic mass is 32.2. The number of thioether (sulfide) groups is 1. The Balaban J connectivity index is 2.31. The average Bonchev–Trinajstić information content (AvgIpc) is 2.85. The Bertz CT molecular complexity index is 735. The molecule has 4 N–H and O–H groups in total. The van der Waals surface area contributed by atoms with Crippen molar-refractivity contribution in [1.82, 2.24) is 14.8 Å². The topological polar surface area (TPSA) is 164 Å². The predicted molar refractivity (Wildman–Crippen MR) is 84.1 cm³/mol. The zero-order valence-electron chi connectivity index (χ0n) is 13.5. The van der Waals surface area contributed by atoms with Crippen molar-refractivity contribution in [2.24, 2.45) is 0 Å². The molecule has 0 aliphatic carbocycles. The summed E-state index contributed by atoms with van der Waals surface area (Å²) < 4.78 is 10.7. The molecule has 11 nitrogen and oxygen atoms in total. The van der Waals surface area contributed by atoms with Crippen molar-refractivity contribution in [2.75, 3.05) is 13.2 Å². The van der Waals surface area contributed by atoms with Crippen molar-refractivity contribution in [3.8, 4) is 0 Å². The molecule has 0 aromatic carbocycles. The van der Waals surface area contributed by atoms with E-state index < -0.39 is 53.6 Å². The monoisotopic (exact) mass is 377 g/mol. The van der Waals surface area contributed by atoms with Gasteiger partial charge >= 0.3 is 11.7 Å². The SMILES string of the molecule is CCOC(=O)C(C)Sc1nn([C@@H]2O[C@H](CO)[C@@H](O)[C@H]2O)c(=O)[nH]c1=O. The lowest BCUT2D eigenvalue weighted by atomic mass is 10.1. The predicted octanol–water partition coefficient (Wildman–Crippen LogP) is -2.41. The number of esters is 1. The van der Waals surface area contributed by atoms with Crippen molar-refractivity contribution in [3.63, 3.8) is 0 Å². The smallest absolute Gasteiger partial charge is 0.347 e. The van der Waals surface area contributed by atoms with Gasteiger partial charge in [0.05, 0.1) is 13.2 Å². The fourth-order valence-electron chi connectivity index (χ4n) is 2.20. The number of aliphatic hydroxyl groups is 3. The van der Waals surface area contributed by atoms with Crippen molar-refractivity contribution in [2.45, 2.75) is 48.7 Å². The van der Waals surface area contributed by atoms with Crippen LogP contribution >= 0.6 is 11.8 Å². The molecule has 12 heteroatoms. The van der Waals surface area contributed by atoms with Gasteiger partial charge in [0.15, 0.2) is 11.3 Å². The van der Waals surface area contributed by atoms with Crippen LogP contribution in [-0.4, -0.2) is 72.8 Å². The van der Waals surface area contributed by atoms with Gasteiger partial charge in [-0.3, -0.25) is 14.6 Å². The number of carbonyl (C=O) groups is 1. The Hall–Kier alpha value is -1.73. The first kappa shape index (κ1) is 19.6. The number of aromatic nitrogens is 3. The van der Waals surface area contributed by atoms with E-state index >= 15 is 0 Å². The third-order valence-corrected chi connectivity index (χ3v) is 4.52. The van der Waals surface area contributed by atoms with Crippen LogP contribution in [0.1, 0.15) is 20.1 Å². The van der Waals surface area contributed by atoms with Crippen molar-refractivity contribution < 1.29 is 29.6 Å².